The van der Waals surface area contributed by atoms with Crippen LogP contribution >= 0.6 is 11.8 Å². The Morgan fingerprint density at radius 2 is 2.56 bits per heavy atom. The molecule has 0 aromatic heterocycles. The number of aliphatic imine (C=N–C) groups is 1. The largest absolute Gasteiger partial charge is 0.217 e. The van der Waals surface area contributed by atoms with E-state index in [1.165, 1.54) is 6.42 Å². The third kappa shape index (κ3) is 0.917. The first-order valence-electron chi connectivity index (χ1n) is 3.27. The Bertz CT molecular complexity index is 162. The summed E-state index contributed by atoms with van der Waals surface area (Å²) in [6, 6.07) is 0. The molecule has 2 unspecified atom stereocenters. The van der Waals surface area contributed by atoms with E-state index in [9.17, 15) is 0 Å². The summed E-state index contributed by atoms with van der Waals surface area (Å²) in [5.74, 6) is 0.750. The molecule has 0 aromatic carbocycles. The molecule has 0 spiro atoms. The van der Waals surface area contributed by atoms with Crippen LogP contribution in [0.2, 0.25) is 0 Å². The molecule has 0 N–H and O–H groups in total. The second-order valence-electron chi connectivity index (χ2n) is 2.45. The normalized spacial score (nSPS) is 39.1. The fourth-order valence-corrected chi connectivity index (χ4v) is 2.33. The van der Waals surface area contributed by atoms with Gasteiger partial charge in [-0.15, -0.1) is 11.8 Å². The molecule has 0 fully saturated rings. The summed E-state index contributed by atoms with van der Waals surface area (Å²) in [4.78, 5) is 4.23. The van der Waals surface area contributed by atoms with E-state index < -0.39 is 0 Å². The van der Waals surface area contributed by atoms with Gasteiger partial charge in [0.25, 0.3) is 0 Å². The van der Waals surface area contributed by atoms with E-state index in [0.717, 1.165) is 17.7 Å². The lowest BCUT2D eigenvalue weighted by Gasteiger charge is -2.10. The van der Waals surface area contributed by atoms with E-state index in [0.29, 0.717) is 0 Å². The summed E-state index contributed by atoms with van der Waals surface area (Å²) in [6.07, 6.45) is 5.51. The van der Waals surface area contributed by atoms with E-state index in [4.69, 9.17) is 0 Å². The van der Waals surface area contributed by atoms with Gasteiger partial charge in [-0.05, 0) is 5.41 Å². The van der Waals surface area contributed by atoms with Crippen molar-refractivity contribution in [2.75, 3.05) is 6.54 Å². The van der Waals surface area contributed by atoms with Gasteiger partial charge in [0.15, 0.2) is 0 Å². The van der Waals surface area contributed by atoms with Gasteiger partial charge in [-0.3, -0.25) is 0 Å². The van der Waals surface area contributed by atoms with Crippen LogP contribution in [0.15, 0.2) is 11.5 Å². The molecular formula is C7H9NS+. The molecule has 9 heavy (non-hydrogen) atoms. The van der Waals surface area contributed by atoms with E-state index in [2.05, 4.69) is 22.7 Å². The van der Waals surface area contributed by atoms with E-state index in [1.54, 1.807) is 0 Å². The fraction of sp³-hybridized carbons (Fsp3) is 0.571. The Hall–Kier alpha value is -0.240. The van der Waals surface area contributed by atoms with Crippen molar-refractivity contribution < 1.29 is 0 Å². The van der Waals surface area contributed by atoms with Crippen molar-refractivity contribution in [1.82, 2.24) is 4.99 Å². The zero-order chi connectivity index (χ0) is 6.10. The molecule has 1 radical (unpaired) electrons. The Kier molecular flexibility index (Phi) is 1.34. The van der Waals surface area contributed by atoms with Gasteiger partial charge in [0.05, 0.1) is 5.92 Å². The zero-order valence-electron chi connectivity index (χ0n) is 5.16. The maximum absolute atomic E-state index is 4.23. The summed E-state index contributed by atoms with van der Waals surface area (Å²) >= 11 is 1.95. The first kappa shape index (κ1) is 5.54. The Morgan fingerprint density at radius 1 is 1.56 bits per heavy atom. The van der Waals surface area contributed by atoms with Crippen molar-refractivity contribution in [2.45, 2.75) is 11.7 Å². The summed E-state index contributed by atoms with van der Waals surface area (Å²) in [7, 11) is 0. The van der Waals surface area contributed by atoms with Gasteiger partial charge in [0.2, 0.25) is 12.8 Å². The van der Waals surface area contributed by atoms with Crippen molar-refractivity contribution in [3.63, 3.8) is 0 Å². The number of thioether (sulfide) groups is 1. The minimum atomic E-state index is 0.750. The molecule has 0 saturated carbocycles. The minimum absolute atomic E-state index is 0.750. The van der Waals surface area contributed by atoms with Crippen LogP contribution in [0.3, 0.4) is 0 Å². The topological polar surface area (TPSA) is 14.1 Å². The van der Waals surface area contributed by atoms with Gasteiger partial charge in [0.1, 0.15) is 0 Å². The average molecular weight is 139 g/mol. The molecule has 2 heteroatoms. The molecule has 2 aliphatic rings. The fourth-order valence-electron chi connectivity index (χ4n) is 1.26. The summed E-state index contributed by atoms with van der Waals surface area (Å²) in [5, 5.41) is 3.03. The number of hydrogen-bond acceptors (Lipinski definition) is 2. The van der Waals surface area contributed by atoms with Crippen LogP contribution in [-0.2, 0) is 0 Å². The van der Waals surface area contributed by atoms with Gasteiger partial charge in [-0.2, -0.15) is 0 Å². The first-order chi connectivity index (χ1) is 4.47. The highest BCUT2D eigenvalue weighted by Gasteiger charge is 2.29. The van der Waals surface area contributed by atoms with Gasteiger partial charge < -0.3 is 0 Å². The third-order valence-corrected chi connectivity index (χ3v) is 3.05. The van der Waals surface area contributed by atoms with Crippen molar-refractivity contribution in [2.24, 2.45) is 5.92 Å². The smallest absolute Gasteiger partial charge is 0.130 e. The highest BCUT2D eigenvalue weighted by atomic mass is 32.2. The van der Waals surface area contributed by atoms with Crippen molar-refractivity contribution >= 4 is 18.0 Å². The lowest BCUT2D eigenvalue weighted by Crippen LogP contribution is -2.24. The predicted octanol–water partition coefficient (Wildman–Crippen LogP) is 1.04. The van der Waals surface area contributed by atoms with Crippen molar-refractivity contribution in [3.05, 3.63) is 11.5 Å². The molecular weight excluding hydrogens is 130 g/mol. The van der Waals surface area contributed by atoms with Crippen LogP contribution in [0.4, 0.5) is 0 Å². The Morgan fingerprint density at radius 3 is 3.44 bits per heavy atom. The molecule has 47 valence electrons. The van der Waals surface area contributed by atoms with Crippen LogP contribution in [0.5, 0.6) is 0 Å². The summed E-state index contributed by atoms with van der Waals surface area (Å²) < 4.78 is 0. The van der Waals surface area contributed by atoms with Crippen LogP contribution in [-0.4, -0.2) is 18.0 Å². The SMILES string of the molecule is C1=CC2C[N+]=CCC2S1. The van der Waals surface area contributed by atoms with Gasteiger partial charge >= 0.3 is 0 Å². The Labute approximate surface area is 59.2 Å². The van der Waals surface area contributed by atoms with Crippen LogP contribution in [0.25, 0.3) is 0 Å². The first-order valence-corrected chi connectivity index (χ1v) is 4.21. The number of rotatable bonds is 0. The summed E-state index contributed by atoms with van der Waals surface area (Å²) in [6.45, 7) is 1.02. The van der Waals surface area contributed by atoms with Crippen molar-refractivity contribution in [1.29, 1.82) is 0 Å². The lowest BCUT2D eigenvalue weighted by atomic mass is 10.0. The molecule has 1 nitrogen and oxygen atoms in total. The van der Waals surface area contributed by atoms with E-state index in [1.807, 2.05) is 11.8 Å². The number of fused-ring (bicyclic) bond motifs is 1. The highest BCUT2D eigenvalue weighted by Crippen LogP contribution is 2.32. The van der Waals surface area contributed by atoms with Gasteiger partial charge in [-0.25, -0.2) is 0 Å². The lowest BCUT2D eigenvalue weighted by molar-refractivity contribution is 0.599. The van der Waals surface area contributed by atoms with Crippen LogP contribution in [0, 0.1) is 5.92 Å². The molecule has 0 aliphatic carbocycles. The standard InChI is InChI=1S/C7H9NS/c1-3-8-5-6-2-4-9-7(1)6/h2-4,6-7H,1,5H2/q+1. The molecule has 2 aliphatic heterocycles. The maximum atomic E-state index is 4.23. The molecule has 0 saturated heterocycles. The maximum Gasteiger partial charge on any atom is 0.217 e. The van der Waals surface area contributed by atoms with Crippen LogP contribution in [0.1, 0.15) is 6.42 Å². The number of hydrogen-bond donors (Lipinski definition) is 0. The second-order valence-corrected chi connectivity index (χ2v) is 3.60. The zero-order valence-corrected chi connectivity index (χ0v) is 5.97. The van der Waals surface area contributed by atoms with Gasteiger partial charge in [-0.1, -0.05) is 6.08 Å². The average Bonchev–Trinajstić information content (AvgIpc) is 2.33. The quantitative estimate of drug-likeness (QED) is 0.489. The third-order valence-electron chi connectivity index (χ3n) is 1.84. The molecule has 0 amide bonds. The van der Waals surface area contributed by atoms with Crippen LogP contribution < -0.4 is 4.99 Å². The molecule has 0 aromatic rings. The van der Waals surface area contributed by atoms with Gasteiger partial charge in [0, 0.05) is 16.7 Å². The summed E-state index contributed by atoms with van der Waals surface area (Å²) in [5.41, 5.74) is 0. The molecule has 0 bridgehead atoms. The van der Waals surface area contributed by atoms with E-state index >= 15 is 0 Å². The minimum Gasteiger partial charge on any atom is -0.130 e. The highest BCUT2D eigenvalue weighted by molar-refractivity contribution is 8.03. The second kappa shape index (κ2) is 2.18. The predicted molar refractivity (Wildman–Crippen MR) is 41.7 cm³/mol. The van der Waals surface area contributed by atoms with E-state index in [-0.39, 0.29) is 0 Å². The molecule has 2 rings (SSSR count). The monoisotopic (exact) mass is 139 g/mol. The molecule has 2 atom stereocenters. The van der Waals surface area contributed by atoms with Crippen molar-refractivity contribution in [3.8, 4) is 0 Å². The molecule has 2 heterocycles. The Balaban J connectivity index is 2.13. The number of nitrogens with zero attached hydrogens (tertiary/aromatic N) is 1.